The second kappa shape index (κ2) is 10.7. The van der Waals surface area contributed by atoms with Crippen LogP contribution in [-0.4, -0.2) is 63.5 Å². The van der Waals surface area contributed by atoms with E-state index >= 15 is 0 Å². The zero-order valence-corrected chi connectivity index (χ0v) is 22.3. The van der Waals surface area contributed by atoms with Gasteiger partial charge in [0.2, 0.25) is 0 Å². The number of anilines is 2. The minimum absolute atomic E-state index is 0.134. The van der Waals surface area contributed by atoms with E-state index in [4.69, 9.17) is 4.74 Å². The van der Waals surface area contributed by atoms with Gasteiger partial charge in [-0.25, -0.2) is 19.7 Å². The molecule has 0 radical (unpaired) electrons. The first-order chi connectivity index (χ1) is 17.9. The van der Waals surface area contributed by atoms with E-state index in [1.807, 2.05) is 49.6 Å². The number of piperazine rings is 1. The van der Waals surface area contributed by atoms with Gasteiger partial charge in [0.15, 0.2) is 5.13 Å². The Morgan fingerprint density at radius 2 is 1.89 bits per heavy atom. The van der Waals surface area contributed by atoms with Crippen LogP contribution in [0.4, 0.5) is 15.7 Å². The Kier molecular flexibility index (Phi) is 7.15. The molecule has 0 spiro atoms. The molecule has 0 aliphatic carbocycles. The van der Waals surface area contributed by atoms with Gasteiger partial charge >= 0.3 is 6.09 Å². The molecular weight excluding hydrogens is 508 g/mol. The van der Waals surface area contributed by atoms with Crippen molar-refractivity contribution in [2.75, 3.05) is 32.1 Å². The monoisotopic (exact) mass is 534 g/mol. The summed E-state index contributed by atoms with van der Waals surface area (Å²) in [5.74, 6) is 0.467. The van der Waals surface area contributed by atoms with E-state index < -0.39 is 6.09 Å². The Morgan fingerprint density at radius 1 is 1.08 bits per heavy atom. The Balaban J connectivity index is 1.31. The molecule has 0 bridgehead atoms. The molecule has 2 amide bonds. The summed E-state index contributed by atoms with van der Waals surface area (Å²) in [6, 6.07) is 13.0. The summed E-state index contributed by atoms with van der Waals surface area (Å²) < 4.78 is 4.91. The fourth-order valence-corrected chi connectivity index (χ4v) is 6.02. The van der Waals surface area contributed by atoms with Crippen LogP contribution >= 0.6 is 22.7 Å². The van der Waals surface area contributed by atoms with Crippen molar-refractivity contribution in [2.45, 2.75) is 19.9 Å². The maximum absolute atomic E-state index is 13.5. The molecule has 1 N–H and O–H groups in total. The number of carbonyl (C=O) groups excluding carboxylic acids is 2. The predicted molar refractivity (Wildman–Crippen MR) is 144 cm³/mol. The molecule has 4 heterocycles. The molecule has 37 heavy (non-hydrogen) atoms. The number of rotatable bonds is 5. The summed E-state index contributed by atoms with van der Waals surface area (Å²) in [4.78, 5) is 43.8. The molecule has 1 unspecified atom stereocenters. The lowest BCUT2D eigenvalue weighted by Gasteiger charge is -2.41. The van der Waals surface area contributed by atoms with Gasteiger partial charge in [-0.3, -0.25) is 4.79 Å². The number of hydrogen-bond donors (Lipinski definition) is 1. The number of carbonyl (C=O) groups is 2. The van der Waals surface area contributed by atoms with Crippen LogP contribution in [0.25, 0.3) is 10.6 Å². The first-order valence-corrected chi connectivity index (χ1v) is 13.4. The Morgan fingerprint density at radius 3 is 2.57 bits per heavy atom. The number of methoxy groups -OCH3 is 1. The highest BCUT2D eigenvalue weighted by molar-refractivity contribution is 7.16. The highest BCUT2D eigenvalue weighted by atomic mass is 32.1. The van der Waals surface area contributed by atoms with Crippen LogP contribution in [0.1, 0.15) is 32.7 Å². The molecule has 4 aromatic rings. The molecule has 11 heteroatoms. The molecule has 1 fully saturated rings. The lowest BCUT2D eigenvalue weighted by Crippen LogP contribution is -2.52. The summed E-state index contributed by atoms with van der Waals surface area (Å²) in [6.45, 7) is 5.13. The highest BCUT2D eigenvalue weighted by Gasteiger charge is 2.34. The van der Waals surface area contributed by atoms with E-state index in [1.54, 1.807) is 39.5 Å². The maximum atomic E-state index is 13.5. The van der Waals surface area contributed by atoms with Crippen LogP contribution in [-0.2, 0) is 4.74 Å². The van der Waals surface area contributed by atoms with Gasteiger partial charge in [0.05, 0.1) is 40.0 Å². The summed E-state index contributed by atoms with van der Waals surface area (Å²) in [7, 11) is 1.37. The third-order valence-corrected chi connectivity index (χ3v) is 8.00. The SMILES string of the molecule is COC(=O)N1CCN(C(=O)c2ccc(Nc3nc(-c4sc(C)nc4C)cs3)nc2)C(c2ccccc2)C1. The number of hydrogen-bond acceptors (Lipinski definition) is 9. The minimum Gasteiger partial charge on any atom is -0.453 e. The fourth-order valence-electron chi connectivity index (χ4n) is 4.36. The summed E-state index contributed by atoms with van der Waals surface area (Å²) in [6.07, 6.45) is 1.18. The molecule has 190 valence electrons. The van der Waals surface area contributed by atoms with Crippen molar-refractivity contribution in [3.63, 3.8) is 0 Å². The van der Waals surface area contributed by atoms with Crippen molar-refractivity contribution >= 4 is 45.6 Å². The highest BCUT2D eigenvalue weighted by Crippen LogP contribution is 2.33. The third-order valence-electron chi connectivity index (χ3n) is 6.14. The summed E-state index contributed by atoms with van der Waals surface area (Å²) >= 11 is 3.12. The Bertz CT molecular complexity index is 1400. The molecule has 1 aliphatic heterocycles. The van der Waals surface area contributed by atoms with Gasteiger partial charge in [0, 0.05) is 31.2 Å². The van der Waals surface area contributed by atoms with E-state index in [1.165, 1.54) is 18.4 Å². The largest absolute Gasteiger partial charge is 0.453 e. The molecule has 1 atom stereocenters. The molecule has 9 nitrogen and oxygen atoms in total. The first kappa shape index (κ1) is 24.8. The summed E-state index contributed by atoms with van der Waals surface area (Å²) in [5.41, 5.74) is 3.30. The van der Waals surface area contributed by atoms with E-state index in [0.29, 0.717) is 31.0 Å². The second-order valence-electron chi connectivity index (χ2n) is 8.58. The Labute approximate surface area is 222 Å². The number of ether oxygens (including phenoxy) is 1. The lowest BCUT2D eigenvalue weighted by atomic mass is 10.0. The zero-order valence-electron chi connectivity index (χ0n) is 20.7. The zero-order chi connectivity index (χ0) is 25.9. The number of benzene rings is 1. The second-order valence-corrected chi connectivity index (χ2v) is 10.6. The van der Waals surface area contributed by atoms with E-state index in [9.17, 15) is 9.59 Å². The van der Waals surface area contributed by atoms with Crippen molar-refractivity contribution < 1.29 is 14.3 Å². The van der Waals surface area contributed by atoms with Gasteiger partial charge in [-0.1, -0.05) is 30.3 Å². The number of aryl methyl sites for hydroxylation is 2. The normalized spacial score (nSPS) is 15.5. The Hall–Kier alpha value is -3.83. The van der Waals surface area contributed by atoms with Gasteiger partial charge in [0.25, 0.3) is 5.91 Å². The van der Waals surface area contributed by atoms with Crippen molar-refractivity contribution in [3.8, 4) is 10.6 Å². The molecule has 1 saturated heterocycles. The topological polar surface area (TPSA) is 101 Å². The molecule has 1 aromatic carbocycles. The van der Waals surface area contributed by atoms with E-state index in [2.05, 4.69) is 20.3 Å². The molecular formula is C26H26N6O3S2. The van der Waals surface area contributed by atoms with Crippen molar-refractivity contribution in [2.24, 2.45) is 0 Å². The number of nitrogens with zero attached hydrogens (tertiary/aromatic N) is 5. The third kappa shape index (κ3) is 5.32. The number of thiazole rings is 2. The fraction of sp³-hybridized carbons (Fsp3) is 0.269. The number of nitrogens with one attached hydrogen (secondary N) is 1. The van der Waals surface area contributed by atoms with Crippen molar-refractivity contribution in [1.82, 2.24) is 24.8 Å². The van der Waals surface area contributed by atoms with Crippen LogP contribution in [0.2, 0.25) is 0 Å². The smallest absolute Gasteiger partial charge is 0.409 e. The van der Waals surface area contributed by atoms with Gasteiger partial charge < -0.3 is 19.9 Å². The maximum Gasteiger partial charge on any atom is 0.409 e. The molecule has 0 saturated carbocycles. The standard InChI is InChI=1S/C26H26N6O3S2/c1-16-23(37-17(2)28-16)20-15-36-25(29-20)30-22-10-9-19(13-27-22)24(33)32-12-11-31(26(34)35-3)14-21(32)18-7-5-4-6-8-18/h4-10,13,15,21H,11-12,14H2,1-3H3,(H,27,29,30). The van der Waals surface area contributed by atoms with Gasteiger partial charge in [0.1, 0.15) is 5.82 Å². The number of aromatic nitrogens is 3. The van der Waals surface area contributed by atoms with Crippen LogP contribution in [0.3, 0.4) is 0 Å². The van der Waals surface area contributed by atoms with Gasteiger partial charge in [-0.05, 0) is 31.5 Å². The minimum atomic E-state index is -0.392. The first-order valence-electron chi connectivity index (χ1n) is 11.7. The number of amides is 2. The number of pyridine rings is 1. The lowest BCUT2D eigenvalue weighted by molar-refractivity contribution is 0.0417. The van der Waals surface area contributed by atoms with E-state index in [0.717, 1.165) is 32.0 Å². The molecule has 5 rings (SSSR count). The van der Waals surface area contributed by atoms with Crippen LogP contribution in [0.5, 0.6) is 0 Å². The van der Waals surface area contributed by atoms with Crippen LogP contribution < -0.4 is 5.32 Å². The van der Waals surface area contributed by atoms with Crippen LogP contribution in [0, 0.1) is 13.8 Å². The van der Waals surface area contributed by atoms with E-state index in [-0.39, 0.29) is 11.9 Å². The average molecular weight is 535 g/mol. The van der Waals surface area contributed by atoms with Gasteiger partial charge in [-0.2, -0.15) is 0 Å². The van der Waals surface area contributed by atoms with Gasteiger partial charge in [-0.15, -0.1) is 22.7 Å². The average Bonchev–Trinajstić information content (AvgIpc) is 3.53. The molecule has 3 aromatic heterocycles. The quantitative estimate of drug-likeness (QED) is 0.371. The van der Waals surface area contributed by atoms with Crippen molar-refractivity contribution in [3.05, 3.63) is 75.9 Å². The molecule has 1 aliphatic rings. The summed E-state index contributed by atoms with van der Waals surface area (Å²) in [5, 5.41) is 6.95. The van der Waals surface area contributed by atoms with Crippen LogP contribution in [0.15, 0.2) is 54.0 Å². The predicted octanol–water partition coefficient (Wildman–Crippen LogP) is 5.29. The van der Waals surface area contributed by atoms with Crippen molar-refractivity contribution in [1.29, 1.82) is 0 Å².